The third-order valence-corrected chi connectivity index (χ3v) is 9.20. The van der Waals surface area contributed by atoms with Gasteiger partial charge in [0.1, 0.15) is 16.0 Å². The summed E-state index contributed by atoms with van der Waals surface area (Å²) in [4.78, 5) is 28.6. The van der Waals surface area contributed by atoms with Crippen LogP contribution >= 0.6 is 11.3 Å². The lowest BCUT2D eigenvalue weighted by molar-refractivity contribution is -0.110. The molecule has 0 atom stereocenters. The fourth-order valence-corrected chi connectivity index (χ4v) is 6.30. The van der Waals surface area contributed by atoms with Crippen molar-refractivity contribution in [3.63, 3.8) is 0 Å². The van der Waals surface area contributed by atoms with E-state index in [1.807, 2.05) is 7.05 Å². The number of benzene rings is 1. The van der Waals surface area contributed by atoms with Crippen molar-refractivity contribution in [2.75, 3.05) is 25.5 Å². The van der Waals surface area contributed by atoms with Gasteiger partial charge in [-0.15, -0.1) is 0 Å². The SMILES string of the molecule is CNCCCOc1ccc2nc(NC(=O)/C(=N/OCc3ccn(C)n3)c3ccc(S(=O)(=O)C4CC4)cc3)sc2n1. The second-order valence-electron chi connectivity index (χ2n) is 9.22. The van der Waals surface area contributed by atoms with Crippen LogP contribution in [0.1, 0.15) is 30.5 Å². The van der Waals surface area contributed by atoms with Gasteiger partial charge in [0.25, 0.3) is 5.91 Å². The van der Waals surface area contributed by atoms with E-state index in [4.69, 9.17) is 9.57 Å². The number of amides is 1. The maximum Gasteiger partial charge on any atom is 0.280 e. The number of rotatable bonds is 13. The normalized spacial score (nSPS) is 13.9. The number of aromatic nitrogens is 4. The van der Waals surface area contributed by atoms with Gasteiger partial charge in [0, 0.05) is 24.9 Å². The number of hydrogen-bond donors (Lipinski definition) is 2. The Bertz CT molecular complexity index is 1630. The predicted octanol–water partition coefficient (Wildman–Crippen LogP) is 2.91. The summed E-state index contributed by atoms with van der Waals surface area (Å²) in [6.45, 7) is 1.42. The number of pyridine rings is 1. The van der Waals surface area contributed by atoms with Gasteiger partial charge in [-0.05, 0) is 57.1 Å². The lowest BCUT2D eigenvalue weighted by Gasteiger charge is -2.08. The molecule has 0 radical (unpaired) electrons. The van der Waals surface area contributed by atoms with Gasteiger partial charge in [0.05, 0.1) is 16.8 Å². The molecule has 40 heavy (non-hydrogen) atoms. The Balaban J connectivity index is 1.34. The maximum atomic E-state index is 13.4. The van der Waals surface area contributed by atoms with Crippen LogP contribution in [-0.4, -0.2) is 65.2 Å². The molecule has 0 aliphatic heterocycles. The Hall–Kier alpha value is -3.88. The zero-order valence-corrected chi connectivity index (χ0v) is 23.7. The van der Waals surface area contributed by atoms with E-state index >= 15 is 0 Å². The molecule has 5 rings (SSSR count). The van der Waals surface area contributed by atoms with Crippen molar-refractivity contribution >= 4 is 48.3 Å². The van der Waals surface area contributed by atoms with Crippen molar-refractivity contribution in [3.05, 3.63) is 59.9 Å². The third kappa shape index (κ3) is 6.63. The first-order valence-corrected chi connectivity index (χ1v) is 15.1. The maximum absolute atomic E-state index is 13.4. The van der Waals surface area contributed by atoms with Gasteiger partial charge in [-0.2, -0.15) is 5.10 Å². The van der Waals surface area contributed by atoms with Gasteiger partial charge < -0.3 is 14.9 Å². The molecule has 2 N–H and O–H groups in total. The van der Waals surface area contributed by atoms with Crippen molar-refractivity contribution in [2.45, 2.75) is 36.0 Å². The number of hydrogen-bond acceptors (Lipinski definition) is 11. The molecular formula is C26H29N7O5S2. The van der Waals surface area contributed by atoms with E-state index in [0.717, 1.165) is 13.0 Å². The number of thiazole rings is 1. The summed E-state index contributed by atoms with van der Waals surface area (Å²) in [7, 11) is 0.304. The number of carbonyl (C=O) groups is 1. The van der Waals surface area contributed by atoms with E-state index in [1.165, 1.54) is 23.5 Å². The van der Waals surface area contributed by atoms with E-state index in [-0.39, 0.29) is 22.5 Å². The summed E-state index contributed by atoms with van der Waals surface area (Å²) in [5.74, 6) is -0.0852. The number of fused-ring (bicyclic) bond motifs is 1. The summed E-state index contributed by atoms with van der Waals surface area (Å²) < 4.78 is 32.5. The quantitative estimate of drug-likeness (QED) is 0.138. The van der Waals surface area contributed by atoms with Gasteiger partial charge in [0.15, 0.2) is 27.3 Å². The summed E-state index contributed by atoms with van der Waals surface area (Å²) in [5, 5.41) is 14.2. The van der Waals surface area contributed by atoms with Crippen LogP contribution in [-0.2, 0) is 33.1 Å². The van der Waals surface area contributed by atoms with Crippen LogP contribution in [0.2, 0.25) is 0 Å². The summed E-state index contributed by atoms with van der Waals surface area (Å²) in [5.41, 5.74) is 1.61. The molecule has 1 aromatic carbocycles. The summed E-state index contributed by atoms with van der Waals surface area (Å²) in [6.07, 6.45) is 3.95. The molecule has 0 saturated heterocycles. The molecule has 4 aromatic rings. The van der Waals surface area contributed by atoms with E-state index in [2.05, 4.69) is 30.9 Å². The van der Waals surface area contributed by atoms with Crippen molar-refractivity contribution in [1.29, 1.82) is 0 Å². The van der Waals surface area contributed by atoms with Gasteiger partial charge in [-0.25, -0.2) is 18.4 Å². The number of carbonyl (C=O) groups excluding carboxylic acids is 1. The molecule has 1 aliphatic rings. The minimum Gasteiger partial charge on any atom is -0.478 e. The largest absolute Gasteiger partial charge is 0.478 e. The van der Waals surface area contributed by atoms with Crippen LogP contribution in [0.15, 0.2) is 58.7 Å². The molecule has 210 valence electrons. The Morgan fingerprint density at radius 1 is 1.15 bits per heavy atom. The highest BCUT2D eigenvalue weighted by molar-refractivity contribution is 7.92. The zero-order valence-electron chi connectivity index (χ0n) is 22.0. The van der Waals surface area contributed by atoms with Crippen molar-refractivity contribution < 1.29 is 22.8 Å². The van der Waals surface area contributed by atoms with Crippen LogP contribution in [0.3, 0.4) is 0 Å². The van der Waals surface area contributed by atoms with E-state index in [0.29, 0.717) is 52.1 Å². The first-order valence-electron chi connectivity index (χ1n) is 12.7. The van der Waals surface area contributed by atoms with Gasteiger partial charge in [-0.1, -0.05) is 28.6 Å². The standard InChI is InChI=1S/C26H29N7O5S2/c1-27-13-3-15-37-22-11-10-21-25(29-22)39-26(28-21)30-24(34)23(32-38-16-18-12-14-33(2)31-18)17-4-6-19(7-5-17)40(35,36)20-8-9-20/h4-7,10-12,14,20,27H,3,8-9,13,15-16H2,1-2H3,(H,28,30,34)/b32-23+. The van der Waals surface area contributed by atoms with Crippen molar-refractivity contribution in [3.8, 4) is 5.88 Å². The summed E-state index contributed by atoms with van der Waals surface area (Å²) in [6, 6.07) is 11.4. The number of aryl methyl sites for hydroxylation is 1. The van der Waals surface area contributed by atoms with Crippen LogP contribution in [0, 0.1) is 0 Å². The van der Waals surface area contributed by atoms with Crippen LogP contribution in [0.5, 0.6) is 5.88 Å². The second-order valence-corrected chi connectivity index (χ2v) is 12.4. The summed E-state index contributed by atoms with van der Waals surface area (Å²) >= 11 is 1.20. The third-order valence-electron chi connectivity index (χ3n) is 6.04. The first kappa shape index (κ1) is 27.7. The number of sulfone groups is 1. The highest BCUT2D eigenvalue weighted by Gasteiger charge is 2.36. The molecule has 0 bridgehead atoms. The van der Waals surface area contributed by atoms with Crippen LogP contribution < -0.4 is 15.4 Å². The predicted molar refractivity (Wildman–Crippen MR) is 151 cm³/mol. The van der Waals surface area contributed by atoms with Crippen LogP contribution in [0.4, 0.5) is 5.13 Å². The lowest BCUT2D eigenvalue weighted by Crippen LogP contribution is -2.24. The second kappa shape index (κ2) is 12.1. The van der Waals surface area contributed by atoms with Gasteiger partial charge >= 0.3 is 0 Å². The molecular weight excluding hydrogens is 554 g/mol. The number of nitrogens with zero attached hydrogens (tertiary/aromatic N) is 5. The monoisotopic (exact) mass is 583 g/mol. The minimum atomic E-state index is -3.37. The molecule has 0 unspecified atom stereocenters. The fourth-order valence-electron chi connectivity index (χ4n) is 3.82. The molecule has 14 heteroatoms. The zero-order chi connectivity index (χ0) is 28.1. The molecule has 0 spiro atoms. The molecule has 3 aromatic heterocycles. The molecule has 1 saturated carbocycles. The van der Waals surface area contributed by atoms with Gasteiger partial charge in [0.2, 0.25) is 5.88 Å². The van der Waals surface area contributed by atoms with E-state index in [1.54, 1.807) is 48.3 Å². The molecule has 3 heterocycles. The average molecular weight is 584 g/mol. The fraction of sp³-hybridized carbons (Fsp3) is 0.346. The first-order chi connectivity index (χ1) is 19.3. The Morgan fingerprint density at radius 3 is 2.65 bits per heavy atom. The van der Waals surface area contributed by atoms with Crippen molar-refractivity contribution in [1.82, 2.24) is 25.1 Å². The van der Waals surface area contributed by atoms with Crippen molar-refractivity contribution in [2.24, 2.45) is 12.2 Å². The number of nitrogens with one attached hydrogen (secondary N) is 2. The number of oxime groups is 1. The average Bonchev–Trinajstić information content (AvgIpc) is 3.62. The minimum absolute atomic E-state index is 0.0351. The Kier molecular flexibility index (Phi) is 8.38. The lowest BCUT2D eigenvalue weighted by atomic mass is 10.1. The molecule has 1 fully saturated rings. The molecule has 1 aliphatic carbocycles. The Morgan fingerprint density at radius 2 is 1.95 bits per heavy atom. The topological polar surface area (TPSA) is 150 Å². The van der Waals surface area contributed by atoms with E-state index in [9.17, 15) is 13.2 Å². The number of anilines is 1. The smallest absolute Gasteiger partial charge is 0.280 e. The highest BCUT2D eigenvalue weighted by atomic mass is 32.2. The van der Waals surface area contributed by atoms with Gasteiger partial charge in [-0.3, -0.25) is 14.8 Å². The number of ether oxygens (including phenoxy) is 1. The Labute approximate surface area is 235 Å². The van der Waals surface area contributed by atoms with E-state index < -0.39 is 15.7 Å². The van der Waals surface area contributed by atoms with Crippen LogP contribution in [0.25, 0.3) is 10.3 Å². The molecule has 12 nitrogen and oxygen atoms in total. The molecule has 1 amide bonds. The highest BCUT2D eigenvalue weighted by Crippen LogP contribution is 2.33.